The smallest absolute Gasteiger partial charge is 0.161 e. The van der Waals surface area contributed by atoms with Gasteiger partial charge in [0.05, 0.1) is 18.8 Å². The minimum atomic E-state index is 0.280. The number of hydrogen-bond acceptors (Lipinski definition) is 4. The number of methoxy groups -OCH3 is 1. The Balaban J connectivity index is 1.14. The van der Waals surface area contributed by atoms with Gasteiger partial charge in [0.2, 0.25) is 0 Å². The third-order valence-corrected chi connectivity index (χ3v) is 7.88. The summed E-state index contributed by atoms with van der Waals surface area (Å²) in [6.07, 6.45) is 7.67. The molecule has 1 aliphatic carbocycles. The molecule has 196 valence electrons. The normalized spacial score (nSPS) is 19.4. The number of nitrogens with one attached hydrogen (secondary N) is 1. The molecule has 0 aromatic heterocycles. The molecule has 4 aromatic carbocycles. The Morgan fingerprint density at radius 1 is 0.949 bits per heavy atom. The number of aliphatic imine (C=N–C) groups is 1. The van der Waals surface area contributed by atoms with Crippen molar-refractivity contribution >= 4 is 29.2 Å². The van der Waals surface area contributed by atoms with Gasteiger partial charge in [0, 0.05) is 22.8 Å². The predicted molar refractivity (Wildman–Crippen MR) is 160 cm³/mol. The van der Waals surface area contributed by atoms with E-state index in [9.17, 15) is 0 Å². The van der Waals surface area contributed by atoms with Crippen molar-refractivity contribution in [2.45, 2.75) is 31.9 Å². The van der Waals surface area contributed by atoms with Crippen LogP contribution >= 0.6 is 11.6 Å². The third kappa shape index (κ3) is 5.43. The molecule has 1 heterocycles. The van der Waals surface area contributed by atoms with Crippen molar-refractivity contribution in [3.8, 4) is 11.5 Å². The molecule has 0 bridgehead atoms. The average molecular weight is 535 g/mol. The van der Waals surface area contributed by atoms with Crippen LogP contribution in [0.5, 0.6) is 11.5 Å². The lowest BCUT2D eigenvalue weighted by Gasteiger charge is -2.37. The van der Waals surface area contributed by atoms with Gasteiger partial charge in [-0.1, -0.05) is 65.7 Å². The lowest BCUT2D eigenvalue weighted by molar-refractivity contribution is 0.284. The van der Waals surface area contributed by atoms with E-state index < -0.39 is 0 Å². The molecule has 0 saturated carbocycles. The number of nitrogens with zero attached hydrogens (tertiary/aromatic N) is 1. The van der Waals surface area contributed by atoms with E-state index in [0.717, 1.165) is 23.2 Å². The first-order chi connectivity index (χ1) is 19.1. The second-order valence-electron chi connectivity index (χ2n) is 10.2. The van der Waals surface area contributed by atoms with Crippen LogP contribution in [0, 0.1) is 12.8 Å². The Hall–Kier alpha value is -4.02. The summed E-state index contributed by atoms with van der Waals surface area (Å²) in [7, 11) is 1.65. The van der Waals surface area contributed by atoms with Crippen molar-refractivity contribution < 1.29 is 9.47 Å². The molecule has 0 radical (unpaired) electrons. The fourth-order valence-corrected chi connectivity index (χ4v) is 5.71. The number of anilines is 1. The van der Waals surface area contributed by atoms with Gasteiger partial charge in [-0.05, 0) is 90.0 Å². The van der Waals surface area contributed by atoms with E-state index >= 15 is 0 Å². The number of aryl methyl sites for hydroxylation is 1. The molecule has 0 unspecified atom stereocenters. The Morgan fingerprint density at radius 3 is 2.56 bits per heavy atom. The molecule has 4 aromatic rings. The minimum absolute atomic E-state index is 0.280. The molecule has 0 saturated heterocycles. The van der Waals surface area contributed by atoms with Gasteiger partial charge in [-0.3, -0.25) is 4.99 Å². The summed E-state index contributed by atoms with van der Waals surface area (Å²) >= 11 is 5.97. The van der Waals surface area contributed by atoms with Crippen molar-refractivity contribution in [2.24, 2.45) is 10.9 Å². The van der Waals surface area contributed by atoms with E-state index in [1.165, 1.54) is 22.4 Å². The summed E-state index contributed by atoms with van der Waals surface area (Å²) in [5.41, 5.74) is 8.16. The van der Waals surface area contributed by atoms with E-state index in [2.05, 4.69) is 66.9 Å². The van der Waals surface area contributed by atoms with Crippen LogP contribution in [0.4, 0.5) is 11.4 Å². The molecular formula is C34H31ClN2O2. The van der Waals surface area contributed by atoms with E-state index in [4.69, 9.17) is 26.1 Å². The highest BCUT2D eigenvalue weighted by molar-refractivity contribution is 6.30. The maximum atomic E-state index is 5.98. The highest BCUT2D eigenvalue weighted by atomic mass is 35.5. The monoisotopic (exact) mass is 534 g/mol. The maximum absolute atomic E-state index is 5.98. The standard InChI is InChI=1S/C34H31ClN2O2/c1-22-6-16-31-30(18-22)28-4-3-5-29(28)34(37-31)25-10-14-27(15-11-25)36-20-24-9-17-32(33(19-24)38-2)39-21-23-7-12-26(35)13-8-23/h3-4,6-20,28-29,34,37H,5,21H2,1-2H3/t28-,29-,34-/m0/s1. The largest absolute Gasteiger partial charge is 0.493 e. The van der Waals surface area contributed by atoms with Gasteiger partial charge >= 0.3 is 0 Å². The summed E-state index contributed by atoms with van der Waals surface area (Å²) in [4.78, 5) is 4.72. The van der Waals surface area contributed by atoms with Gasteiger partial charge in [-0.2, -0.15) is 0 Å². The first kappa shape index (κ1) is 25.3. The topological polar surface area (TPSA) is 42.8 Å². The van der Waals surface area contributed by atoms with Crippen molar-refractivity contribution in [3.05, 3.63) is 130 Å². The molecule has 5 heteroatoms. The number of halogens is 1. The molecule has 1 N–H and O–H groups in total. The van der Waals surface area contributed by atoms with Crippen LogP contribution in [-0.4, -0.2) is 13.3 Å². The van der Waals surface area contributed by atoms with Crippen molar-refractivity contribution in [3.63, 3.8) is 0 Å². The van der Waals surface area contributed by atoms with E-state index in [1.54, 1.807) is 7.11 Å². The minimum Gasteiger partial charge on any atom is -0.493 e. The zero-order valence-electron chi connectivity index (χ0n) is 22.1. The van der Waals surface area contributed by atoms with Gasteiger partial charge in [-0.25, -0.2) is 0 Å². The number of ether oxygens (including phenoxy) is 2. The molecule has 39 heavy (non-hydrogen) atoms. The SMILES string of the molecule is COc1cc(C=Nc2ccc([C@@H]3Nc4ccc(C)cc4[C@H]4C=CC[C@@H]43)cc2)ccc1OCc1ccc(Cl)cc1. The molecule has 1 aliphatic heterocycles. The van der Waals surface area contributed by atoms with Gasteiger partial charge in [0.15, 0.2) is 11.5 Å². The fourth-order valence-electron chi connectivity index (χ4n) is 5.59. The third-order valence-electron chi connectivity index (χ3n) is 7.63. The highest BCUT2D eigenvalue weighted by Crippen LogP contribution is 2.50. The first-order valence-corrected chi connectivity index (χ1v) is 13.7. The van der Waals surface area contributed by atoms with Crippen LogP contribution in [0.1, 0.15) is 46.2 Å². The fraction of sp³-hybridized carbons (Fsp3) is 0.206. The molecular weight excluding hydrogens is 504 g/mol. The predicted octanol–water partition coefficient (Wildman–Crippen LogP) is 8.81. The van der Waals surface area contributed by atoms with Crippen molar-refractivity contribution in [1.82, 2.24) is 0 Å². The molecule has 2 aliphatic rings. The number of fused-ring (bicyclic) bond motifs is 3. The van der Waals surface area contributed by atoms with E-state index in [0.29, 0.717) is 35.0 Å². The zero-order chi connectivity index (χ0) is 26.8. The molecule has 0 spiro atoms. The second-order valence-corrected chi connectivity index (χ2v) is 10.7. The second kappa shape index (κ2) is 11.0. The van der Waals surface area contributed by atoms with E-state index in [-0.39, 0.29) is 6.04 Å². The molecule has 6 rings (SSSR count). The lowest BCUT2D eigenvalue weighted by atomic mass is 9.76. The quantitative estimate of drug-likeness (QED) is 0.190. The molecule has 3 atom stereocenters. The Kier molecular flexibility index (Phi) is 7.12. The van der Waals surface area contributed by atoms with Crippen molar-refractivity contribution in [1.29, 1.82) is 0 Å². The summed E-state index contributed by atoms with van der Waals surface area (Å²) in [5.74, 6) is 2.35. The average Bonchev–Trinajstić information content (AvgIpc) is 3.46. The van der Waals surface area contributed by atoms with Crippen LogP contribution in [0.2, 0.25) is 5.02 Å². The van der Waals surface area contributed by atoms with Crippen LogP contribution in [0.15, 0.2) is 102 Å². The zero-order valence-corrected chi connectivity index (χ0v) is 22.9. The number of allylic oxidation sites excluding steroid dienone is 2. The summed E-state index contributed by atoms with van der Waals surface area (Å²) < 4.78 is 11.6. The first-order valence-electron chi connectivity index (χ1n) is 13.3. The Labute approximate surface area is 235 Å². The van der Waals surface area contributed by atoms with Gasteiger partial charge in [-0.15, -0.1) is 0 Å². The van der Waals surface area contributed by atoms with Gasteiger partial charge < -0.3 is 14.8 Å². The van der Waals surface area contributed by atoms with Gasteiger partial charge in [0.25, 0.3) is 0 Å². The number of benzene rings is 4. The van der Waals surface area contributed by atoms with Crippen LogP contribution < -0.4 is 14.8 Å². The molecule has 0 fully saturated rings. The number of rotatable bonds is 7. The maximum Gasteiger partial charge on any atom is 0.161 e. The van der Waals surface area contributed by atoms with Crippen LogP contribution in [0.25, 0.3) is 0 Å². The summed E-state index contributed by atoms with van der Waals surface area (Å²) in [6.45, 7) is 2.60. The van der Waals surface area contributed by atoms with Crippen LogP contribution in [0.3, 0.4) is 0 Å². The van der Waals surface area contributed by atoms with Crippen LogP contribution in [-0.2, 0) is 6.61 Å². The Morgan fingerprint density at radius 2 is 1.77 bits per heavy atom. The highest BCUT2D eigenvalue weighted by Gasteiger charge is 2.37. The molecule has 0 amide bonds. The summed E-state index contributed by atoms with van der Waals surface area (Å²) in [5, 5.41) is 4.53. The molecule has 4 nitrogen and oxygen atoms in total. The van der Waals surface area contributed by atoms with E-state index in [1.807, 2.05) is 48.7 Å². The lowest BCUT2D eigenvalue weighted by Crippen LogP contribution is -2.29. The van der Waals surface area contributed by atoms with Crippen molar-refractivity contribution in [2.75, 3.05) is 12.4 Å². The number of hydrogen-bond donors (Lipinski definition) is 1. The summed E-state index contributed by atoms with van der Waals surface area (Å²) in [6, 6.07) is 29.1. The Bertz CT molecular complexity index is 1530. The van der Waals surface area contributed by atoms with Gasteiger partial charge in [0.1, 0.15) is 6.61 Å².